The number of piperidine rings is 1. The minimum absolute atomic E-state index is 0.0443. The molecule has 0 amide bonds. The minimum atomic E-state index is -2.73. The fourth-order valence-corrected chi connectivity index (χ4v) is 3.07. The number of ether oxygens (including phenoxy) is 1. The molecule has 5 heteroatoms. The lowest BCUT2D eigenvalue weighted by atomic mass is 9.83. The van der Waals surface area contributed by atoms with E-state index in [4.69, 9.17) is 0 Å². The maximum atomic E-state index is 14.4. The van der Waals surface area contributed by atoms with Crippen molar-refractivity contribution in [1.82, 2.24) is 4.90 Å². The second-order valence-corrected chi connectivity index (χ2v) is 6.07. The van der Waals surface area contributed by atoms with E-state index in [1.165, 1.54) is 7.11 Å². The Labute approximate surface area is 130 Å². The maximum absolute atomic E-state index is 14.4. The Balaban J connectivity index is 2.01. The molecule has 122 valence electrons. The predicted molar refractivity (Wildman–Crippen MR) is 80.6 cm³/mol. The van der Waals surface area contributed by atoms with Crippen LogP contribution in [0, 0.1) is 11.8 Å². The van der Waals surface area contributed by atoms with E-state index >= 15 is 0 Å². The number of benzene rings is 1. The molecule has 1 aromatic carbocycles. The van der Waals surface area contributed by atoms with E-state index in [0.29, 0.717) is 19.6 Å². The van der Waals surface area contributed by atoms with Crippen LogP contribution in [-0.4, -0.2) is 37.0 Å². The van der Waals surface area contributed by atoms with Crippen LogP contribution in [0.5, 0.6) is 0 Å². The normalized spacial score (nSPS) is 24.9. The van der Waals surface area contributed by atoms with E-state index in [1.807, 2.05) is 30.3 Å². The average Bonchev–Trinajstić information content (AvgIpc) is 2.50. The monoisotopic (exact) mass is 311 g/mol. The van der Waals surface area contributed by atoms with E-state index in [-0.39, 0.29) is 12.8 Å². The molecule has 22 heavy (non-hydrogen) atoms. The molecule has 0 N–H and O–H groups in total. The van der Waals surface area contributed by atoms with Gasteiger partial charge in [-0.3, -0.25) is 9.69 Å². The Morgan fingerprint density at radius 1 is 1.32 bits per heavy atom. The lowest BCUT2D eigenvalue weighted by molar-refractivity contribution is -0.154. The van der Waals surface area contributed by atoms with Gasteiger partial charge in [0.25, 0.3) is 5.92 Å². The standard InChI is InChI=1S/C17H23F2NO2/c1-13-10-20(11-14-6-4-3-5-7-14)12-15(17(13,18)19)8-9-16(21)22-2/h3-7,13,15H,8-12H2,1-2H3. The molecular formula is C17H23F2NO2. The Hall–Kier alpha value is -1.49. The molecule has 1 aromatic rings. The summed E-state index contributed by atoms with van der Waals surface area (Å²) in [6.07, 6.45) is 0.206. The van der Waals surface area contributed by atoms with Crippen molar-refractivity contribution in [3.63, 3.8) is 0 Å². The zero-order valence-electron chi connectivity index (χ0n) is 13.1. The molecule has 0 saturated carbocycles. The molecule has 0 aromatic heterocycles. The first-order valence-corrected chi connectivity index (χ1v) is 7.64. The van der Waals surface area contributed by atoms with E-state index in [9.17, 15) is 13.6 Å². The van der Waals surface area contributed by atoms with Crippen molar-refractivity contribution < 1.29 is 18.3 Å². The highest BCUT2D eigenvalue weighted by atomic mass is 19.3. The topological polar surface area (TPSA) is 29.5 Å². The van der Waals surface area contributed by atoms with Crippen LogP contribution in [0.25, 0.3) is 0 Å². The first-order valence-electron chi connectivity index (χ1n) is 7.64. The molecular weight excluding hydrogens is 288 g/mol. The molecule has 2 unspecified atom stereocenters. The van der Waals surface area contributed by atoms with Gasteiger partial charge < -0.3 is 4.74 Å². The lowest BCUT2D eigenvalue weighted by Gasteiger charge is -2.42. The number of carbonyl (C=O) groups is 1. The summed E-state index contributed by atoms with van der Waals surface area (Å²) in [7, 11) is 1.28. The first-order chi connectivity index (χ1) is 10.4. The summed E-state index contributed by atoms with van der Waals surface area (Å²) >= 11 is 0. The Kier molecular flexibility index (Phi) is 5.51. The van der Waals surface area contributed by atoms with Crippen LogP contribution in [-0.2, 0) is 16.1 Å². The van der Waals surface area contributed by atoms with E-state index in [2.05, 4.69) is 9.64 Å². The smallest absolute Gasteiger partial charge is 0.305 e. The lowest BCUT2D eigenvalue weighted by Crippen LogP contribution is -2.52. The molecule has 1 aliphatic heterocycles. The van der Waals surface area contributed by atoms with Gasteiger partial charge in [-0.1, -0.05) is 37.3 Å². The third-order valence-electron chi connectivity index (χ3n) is 4.39. The molecule has 0 spiro atoms. The van der Waals surface area contributed by atoms with Gasteiger partial charge in [0.2, 0.25) is 0 Å². The number of methoxy groups -OCH3 is 1. The summed E-state index contributed by atoms with van der Waals surface area (Å²) in [4.78, 5) is 13.3. The van der Waals surface area contributed by atoms with E-state index in [1.54, 1.807) is 6.92 Å². The number of alkyl halides is 2. The van der Waals surface area contributed by atoms with Gasteiger partial charge in [-0.15, -0.1) is 0 Å². The largest absolute Gasteiger partial charge is 0.469 e. The summed E-state index contributed by atoms with van der Waals surface area (Å²) in [5, 5.41) is 0. The zero-order valence-corrected chi connectivity index (χ0v) is 13.1. The maximum Gasteiger partial charge on any atom is 0.305 e. The van der Waals surface area contributed by atoms with Crippen LogP contribution in [0.15, 0.2) is 30.3 Å². The average molecular weight is 311 g/mol. The number of hydrogen-bond acceptors (Lipinski definition) is 3. The van der Waals surface area contributed by atoms with Crippen molar-refractivity contribution in [1.29, 1.82) is 0 Å². The first kappa shape index (κ1) is 16.9. The van der Waals surface area contributed by atoms with Crippen LogP contribution in [0.1, 0.15) is 25.3 Å². The molecule has 1 heterocycles. The second kappa shape index (κ2) is 7.18. The number of nitrogens with zero attached hydrogens (tertiary/aromatic N) is 1. The summed E-state index contributed by atoms with van der Waals surface area (Å²) in [5.41, 5.74) is 1.12. The molecule has 1 fully saturated rings. The van der Waals surface area contributed by atoms with Crippen molar-refractivity contribution in [2.45, 2.75) is 32.2 Å². The highest BCUT2D eigenvalue weighted by Gasteiger charge is 2.48. The third-order valence-corrected chi connectivity index (χ3v) is 4.39. The molecule has 2 rings (SSSR count). The van der Waals surface area contributed by atoms with Crippen LogP contribution >= 0.6 is 0 Å². The summed E-state index contributed by atoms with van der Waals surface area (Å²) in [6, 6.07) is 9.84. The molecule has 0 bridgehead atoms. The van der Waals surface area contributed by atoms with E-state index < -0.39 is 23.7 Å². The van der Waals surface area contributed by atoms with Crippen LogP contribution in [0.4, 0.5) is 8.78 Å². The number of hydrogen-bond donors (Lipinski definition) is 0. The molecule has 2 atom stereocenters. The number of carbonyl (C=O) groups excluding carboxylic acids is 1. The second-order valence-electron chi connectivity index (χ2n) is 6.07. The molecule has 0 radical (unpaired) electrons. The Morgan fingerprint density at radius 3 is 2.64 bits per heavy atom. The van der Waals surface area contributed by atoms with Gasteiger partial charge in [0, 0.05) is 37.9 Å². The van der Waals surface area contributed by atoms with Gasteiger partial charge in [0.05, 0.1) is 7.11 Å². The summed E-state index contributed by atoms with van der Waals surface area (Å²) in [5.74, 6) is -4.68. The quantitative estimate of drug-likeness (QED) is 0.781. The Morgan fingerprint density at radius 2 is 2.00 bits per heavy atom. The number of esters is 1. The number of likely N-dealkylation sites (tertiary alicyclic amines) is 1. The van der Waals surface area contributed by atoms with Crippen LogP contribution in [0.2, 0.25) is 0 Å². The molecule has 3 nitrogen and oxygen atoms in total. The molecule has 1 saturated heterocycles. The fraction of sp³-hybridized carbons (Fsp3) is 0.588. The van der Waals surface area contributed by atoms with Gasteiger partial charge >= 0.3 is 5.97 Å². The minimum Gasteiger partial charge on any atom is -0.469 e. The zero-order chi connectivity index (χ0) is 16.2. The Bertz CT molecular complexity index is 493. The van der Waals surface area contributed by atoms with Gasteiger partial charge in [0.1, 0.15) is 0 Å². The predicted octanol–water partition coefficient (Wildman–Crippen LogP) is 3.34. The van der Waals surface area contributed by atoms with E-state index in [0.717, 1.165) is 5.56 Å². The van der Waals surface area contributed by atoms with Gasteiger partial charge in [-0.2, -0.15) is 0 Å². The molecule has 0 aliphatic carbocycles. The van der Waals surface area contributed by atoms with Crippen molar-refractivity contribution in [3.8, 4) is 0 Å². The van der Waals surface area contributed by atoms with Crippen LogP contribution < -0.4 is 0 Å². The number of halogens is 2. The summed E-state index contributed by atoms with van der Waals surface area (Å²) < 4.78 is 33.3. The van der Waals surface area contributed by atoms with Crippen LogP contribution in [0.3, 0.4) is 0 Å². The third kappa shape index (κ3) is 4.03. The van der Waals surface area contributed by atoms with Gasteiger partial charge in [-0.05, 0) is 12.0 Å². The van der Waals surface area contributed by atoms with Crippen molar-refractivity contribution in [3.05, 3.63) is 35.9 Å². The fourth-order valence-electron chi connectivity index (χ4n) is 3.07. The highest BCUT2D eigenvalue weighted by Crippen LogP contribution is 2.40. The van der Waals surface area contributed by atoms with Crippen molar-refractivity contribution in [2.24, 2.45) is 11.8 Å². The van der Waals surface area contributed by atoms with Gasteiger partial charge in [-0.25, -0.2) is 8.78 Å². The number of rotatable bonds is 5. The molecule has 1 aliphatic rings. The SMILES string of the molecule is COC(=O)CCC1CN(Cc2ccccc2)CC(C)C1(F)F. The van der Waals surface area contributed by atoms with Crippen molar-refractivity contribution in [2.75, 3.05) is 20.2 Å². The van der Waals surface area contributed by atoms with Gasteiger partial charge in [0.15, 0.2) is 0 Å². The highest BCUT2D eigenvalue weighted by molar-refractivity contribution is 5.69. The summed E-state index contributed by atoms with van der Waals surface area (Å²) in [6.45, 7) is 2.93. The van der Waals surface area contributed by atoms with Crippen molar-refractivity contribution >= 4 is 5.97 Å².